The zero-order valence-corrected chi connectivity index (χ0v) is 17.7. The minimum absolute atomic E-state index is 0.291. The molecule has 1 aromatic heterocycles. The molecule has 2 N–H and O–H groups in total. The summed E-state index contributed by atoms with van der Waals surface area (Å²) in [5.41, 5.74) is -0.483. The van der Waals surface area contributed by atoms with Gasteiger partial charge in [0.2, 0.25) is 0 Å². The maximum Gasteiger partial charge on any atom is 0.410 e. The van der Waals surface area contributed by atoms with Crippen molar-refractivity contribution in [2.24, 2.45) is 4.99 Å². The van der Waals surface area contributed by atoms with E-state index in [0.717, 1.165) is 30.4 Å². The molecule has 0 radical (unpaired) electrons. The number of guanidine groups is 1. The van der Waals surface area contributed by atoms with E-state index < -0.39 is 5.60 Å². The van der Waals surface area contributed by atoms with E-state index >= 15 is 0 Å². The third-order valence-electron chi connectivity index (χ3n) is 3.51. The van der Waals surface area contributed by atoms with Gasteiger partial charge in [-0.1, -0.05) is 6.92 Å². The molecule has 7 nitrogen and oxygen atoms in total. The van der Waals surface area contributed by atoms with Gasteiger partial charge >= 0.3 is 6.09 Å². The number of ether oxygens (including phenoxy) is 1. The molecule has 1 heterocycles. The fourth-order valence-corrected chi connectivity index (χ4v) is 3.01. The lowest BCUT2D eigenvalue weighted by Gasteiger charge is -2.26. The number of likely N-dealkylation sites (N-methyl/N-ethyl adjacent to an activating group) is 1. The van der Waals surface area contributed by atoms with Gasteiger partial charge in [0.05, 0.1) is 5.01 Å². The zero-order chi connectivity index (χ0) is 19.6. The van der Waals surface area contributed by atoms with Crippen molar-refractivity contribution in [1.82, 2.24) is 20.5 Å². The Morgan fingerprint density at radius 2 is 2.00 bits per heavy atom. The Hall–Kier alpha value is -1.83. The molecule has 0 bridgehead atoms. The number of aromatic nitrogens is 1. The third-order valence-corrected chi connectivity index (χ3v) is 4.71. The van der Waals surface area contributed by atoms with Crippen LogP contribution in [0.2, 0.25) is 0 Å². The lowest BCUT2D eigenvalue weighted by molar-refractivity contribution is 0.0264. The number of carbonyl (C=O) groups is 1. The molecular weight excluding hydrogens is 350 g/mol. The highest BCUT2D eigenvalue weighted by atomic mass is 32.1. The van der Waals surface area contributed by atoms with Gasteiger partial charge < -0.3 is 20.3 Å². The Morgan fingerprint density at radius 3 is 2.54 bits per heavy atom. The van der Waals surface area contributed by atoms with E-state index in [9.17, 15) is 4.79 Å². The maximum absolute atomic E-state index is 12.1. The number of hydrogen-bond donors (Lipinski definition) is 2. The zero-order valence-electron chi connectivity index (χ0n) is 16.9. The highest BCUT2D eigenvalue weighted by Gasteiger charge is 2.20. The van der Waals surface area contributed by atoms with E-state index in [1.807, 2.05) is 33.9 Å². The number of thiazole rings is 1. The Labute approximate surface area is 161 Å². The minimum atomic E-state index is -0.483. The van der Waals surface area contributed by atoms with Crippen molar-refractivity contribution in [2.75, 3.05) is 33.2 Å². The van der Waals surface area contributed by atoms with E-state index in [2.05, 4.69) is 27.5 Å². The highest BCUT2D eigenvalue weighted by Crippen LogP contribution is 2.13. The van der Waals surface area contributed by atoms with Crippen LogP contribution in [0, 0.1) is 0 Å². The topological polar surface area (TPSA) is 78.9 Å². The van der Waals surface area contributed by atoms with Gasteiger partial charge in [-0.15, -0.1) is 11.3 Å². The van der Waals surface area contributed by atoms with Crippen molar-refractivity contribution in [3.8, 4) is 0 Å². The van der Waals surface area contributed by atoms with Crippen LogP contribution in [-0.4, -0.2) is 60.8 Å². The Balaban J connectivity index is 2.33. The molecule has 0 aliphatic carbocycles. The van der Waals surface area contributed by atoms with Gasteiger partial charge in [-0.2, -0.15) is 0 Å². The van der Waals surface area contributed by atoms with E-state index in [4.69, 9.17) is 4.74 Å². The number of hydrogen-bond acceptors (Lipinski definition) is 5. The second kappa shape index (κ2) is 11.0. The smallest absolute Gasteiger partial charge is 0.410 e. The minimum Gasteiger partial charge on any atom is -0.444 e. The van der Waals surface area contributed by atoms with Gasteiger partial charge in [0.25, 0.3) is 0 Å². The summed E-state index contributed by atoms with van der Waals surface area (Å²) in [5.74, 6) is 0.720. The number of rotatable bonds is 8. The lowest BCUT2D eigenvalue weighted by Crippen LogP contribution is -2.44. The largest absolute Gasteiger partial charge is 0.444 e. The Kier molecular flexibility index (Phi) is 9.40. The van der Waals surface area contributed by atoms with Crippen LogP contribution in [0.1, 0.15) is 44.5 Å². The average Bonchev–Trinajstić information content (AvgIpc) is 3.03. The number of carbonyl (C=O) groups excluding carboxylic acids is 1. The molecule has 0 saturated heterocycles. The Morgan fingerprint density at radius 1 is 1.31 bits per heavy atom. The summed E-state index contributed by atoms with van der Waals surface area (Å²) < 4.78 is 5.41. The number of aryl methyl sites for hydroxylation is 1. The maximum atomic E-state index is 12.1. The van der Waals surface area contributed by atoms with Gasteiger partial charge in [0.1, 0.15) is 5.60 Å². The highest BCUT2D eigenvalue weighted by molar-refractivity contribution is 7.11. The normalized spacial score (nSPS) is 12.0. The van der Waals surface area contributed by atoms with Crippen LogP contribution in [0.3, 0.4) is 0 Å². The first kappa shape index (κ1) is 22.2. The predicted molar refractivity (Wildman–Crippen MR) is 108 cm³/mol. The van der Waals surface area contributed by atoms with Gasteiger partial charge in [0.15, 0.2) is 5.96 Å². The van der Waals surface area contributed by atoms with Crippen molar-refractivity contribution in [1.29, 1.82) is 0 Å². The monoisotopic (exact) mass is 383 g/mol. The van der Waals surface area contributed by atoms with Crippen molar-refractivity contribution >= 4 is 23.4 Å². The van der Waals surface area contributed by atoms with Crippen LogP contribution in [0.25, 0.3) is 0 Å². The molecule has 1 aromatic rings. The molecule has 26 heavy (non-hydrogen) atoms. The van der Waals surface area contributed by atoms with Crippen LogP contribution in [-0.2, 0) is 17.6 Å². The summed E-state index contributed by atoms with van der Waals surface area (Å²) in [5, 5.41) is 7.63. The van der Waals surface area contributed by atoms with Gasteiger partial charge in [-0.25, -0.2) is 9.78 Å². The second-order valence-corrected chi connectivity index (χ2v) is 8.01. The molecule has 0 fully saturated rings. The van der Waals surface area contributed by atoms with Crippen molar-refractivity contribution in [2.45, 2.75) is 53.1 Å². The molecule has 0 saturated carbocycles. The number of amides is 1. The summed E-state index contributed by atoms with van der Waals surface area (Å²) in [6.45, 7) is 12.2. The summed E-state index contributed by atoms with van der Waals surface area (Å²) in [7, 11) is 1.74. The van der Waals surface area contributed by atoms with Crippen LogP contribution in [0.4, 0.5) is 4.79 Å². The second-order valence-electron chi connectivity index (χ2n) is 6.81. The van der Waals surface area contributed by atoms with Crippen LogP contribution in [0.5, 0.6) is 0 Å². The van der Waals surface area contributed by atoms with Gasteiger partial charge in [-0.3, -0.25) is 4.99 Å². The first-order chi connectivity index (χ1) is 12.3. The molecular formula is C18H33N5O2S. The molecule has 1 amide bonds. The fraction of sp³-hybridized carbons (Fsp3) is 0.722. The first-order valence-corrected chi connectivity index (χ1v) is 9.96. The molecule has 0 aromatic carbocycles. The molecule has 148 valence electrons. The molecule has 1 rings (SSSR count). The molecule has 0 aliphatic heterocycles. The van der Waals surface area contributed by atoms with Crippen molar-refractivity contribution in [3.63, 3.8) is 0 Å². The summed E-state index contributed by atoms with van der Waals surface area (Å²) >= 11 is 1.76. The number of nitrogens with one attached hydrogen (secondary N) is 2. The fourth-order valence-electron chi connectivity index (χ4n) is 2.15. The van der Waals surface area contributed by atoms with Gasteiger partial charge in [0, 0.05) is 50.7 Å². The molecule has 0 unspecified atom stereocenters. The molecule has 0 spiro atoms. The summed E-state index contributed by atoms with van der Waals surface area (Å²) in [6, 6.07) is 0. The van der Waals surface area contributed by atoms with Gasteiger partial charge in [-0.05, 0) is 34.1 Å². The molecule has 0 aliphatic rings. The van der Waals surface area contributed by atoms with Crippen LogP contribution in [0.15, 0.2) is 11.2 Å². The molecule has 0 atom stereocenters. The van der Waals surface area contributed by atoms with E-state index in [-0.39, 0.29) is 6.09 Å². The standard InChI is InChI=1S/C18H33N5O2S/c1-7-14-13-22-15(26-14)9-10-20-16(19-6)21-11-12-23(8-2)17(24)25-18(3,4)5/h13H,7-12H2,1-6H3,(H2,19,20,21). The Bertz CT molecular complexity index is 580. The quantitative estimate of drug-likeness (QED) is 0.533. The van der Waals surface area contributed by atoms with Crippen molar-refractivity contribution in [3.05, 3.63) is 16.1 Å². The predicted octanol–water partition coefficient (Wildman–Crippen LogP) is 2.67. The van der Waals surface area contributed by atoms with Crippen molar-refractivity contribution < 1.29 is 9.53 Å². The average molecular weight is 384 g/mol. The van der Waals surface area contributed by atoms with Crippen LogP contribution >= 0.6 is 11.3 Å². The van der Waals surface area contributed by atoms with Crippen LogP contribution < -0.4 is 10.6 Å². The number of aliphatic imine (C=N–C) groups is 1. The number of nitrogens with zero attached hydrogens (tertiary/aromatic N) is 3. The first-order valence-electron chi connectivity index (χ1n) is 9.15. The van der Waals surface area contributed by atoms with E-state index in [1.165, 1.54) is 4.88 Å². The molecule has 8 heteroatoms. The van der Waals surface area contributed by atoms with E-state index in [0.29, 0.717) is 19.6 Å². The third kappa shape index (κ3) is 8.51. The SMILES string of the molecule is CCc1cnc(CCNC(=NC)NCCN(CC)C(=O)OC(C)(C)C)s1. The lowest BCUT2D eigenvalue weighted by atomic mass is 10.2. The van der Waals surface area contributed by atoms with E-state index in [1.54, 1.807) is 23.3 Å². The summed E-state index contributed by atoms with van der Waals surface area (Å²) in [4.78, 5) is 23.7. The summed E-state index contributed by atoms with van der Waals surface area (Å²) in [6.07, 6.45) is 3.55.